The zero-order valence-electron chi connectivity index (χ0n) is 14.8. The van der Waals surface area contributed by atoms with Crippen molar-refractivity contribution >= 4 is 23.4 Å². The molecule has 0 atom stereocenters. The molecule has 1 amide bonds. The lowest BCUT2D eigenvalue weighted by Gasteiger charge is -2.11. The van der Waals surface area contributed by atoms with Gasteiger partial charge in [0.15, 0.2) is 0 Å². The van der Waals surface area contributed by atoms with Crippen LogP contribution in [0.25, 0.3) is 0 Å². The van der Waals surface area contributed by atoms with Gasteiger partial charge in [-0.05, 0) is 62.1 Å². The Bertz CT molecular complexity index is 713. The number of carbonyl (C=O) groups excluding carboxylic acids is 1. The second-order valence-electron chi connectivity index (χ2n) is 5.97. The Kier molecular flexibility index (Phi) is 6.73. The van der Waals surface area contributed by atoms with Gasteiger partial charge in [-0.3, -0.25) is 4.79 Å². The van der Waals surface area contributed by atoms with Crippen LogP contribution in [0.4, 0.5) is 5.69 Å². The molecular weight excluding hydrogens is 318 g/mol. The predicted octanol–water partition coefficient (Wildman–Crippen LogP) is 4.67. The number of amides is 1. The maximum Gasteiger partial charge on any atom is 0.234 e. The topological polar surface area (TPSA) is 38.3 Å². The summed E-state index contributed by atoms with van der Waals surface area (Å²) in [6, 6.07) is 12.1. The van der Waals surface area contributed by atoms with Crippen LogP contribution in [-0.2, 0) is 4.79 Å². The van der Waals surface area contributed by atoms with Crippen molar-refractivity contribution in [1.82, 2.24) is 0 Å². The Balaban J connectivity index is 1.71. The molecule has 2 aromatic rings. The molecule has 1 N–H and O–H groups in total. The third-order valence-electron chi connectivity index (χ3n) is 3.94. The summed E-state index contributed by atoms with van der Waals surface area (Å²) >= 11 is 1.58. The minimum absolute atomic E-state index is 0.0282. The quantitative estimate of drug-likeness (QED) is 0.742. The van der Waals surface area contributed by atoms with E-state index in [1.807, 2.05) is 45.0 Å². The molecule has 24 heavy (non-hydrogen) atoms. The van der Waals surface area contributed by atoms with Crippen molar-refractivity contribution in [2.24, 2.45) is 0 Å². The van der Waals surface area contributed by atoms with Crippen LogP contribution in [0.15, 0.2) is 36.4 Å². The highest BCUT2D eigenvalue weighted by Gasteiger charge is 2.06. The van der Waals surface area contributed by atoms with Gasteiger partial charge >= 0.3 is 0 Å². The summed E-state index contributed by atoms with van der Waals surface area (Å²) in [5, 5.41) is 2.98. The van der Waals surface area contributed by atoms with Crippen LogP contribution in [0.2, 0.25) is 0 Å². The Hall–Kier alpha value is -1.94. The molecule has 2 aromatic carbocycles. The lowest BCUT2D eigenvalue weighted by molar-refractivity contribution is -0.113. The third kappa shape index (κ3) is 5.31. The largest absolute Gasteiger partial charge is 0.492 e. The van der Waals surface area contributed by atoms with E-state index in [0.29, 0.717) is 12.4 Å². The van der Waals surface area contributed by atoms with Crippen molar-refractivity contribution in [2.75, 3.05) is 23.4 Å². The summed E-state index contributed by atoms with van der Waals surface area (Å²) in [6.07, 6.45) is 0. The van der Waals surface area contributed by atoms with Crippen LogP contribution < -0.4 is 10.1 Å². The van der Waals surface area contributed by atoms with E-state index in [1.165, 1.54) is 11.1 Å². The van der Waals surface area contributed by atoms with E-state index < -0.39 is 0 Å². The van der Waals surface area contributed by atoms with E-state index in [4.69, 9.17) is 4.74 Å². The first kappa shape index (κ1) is 18.4. The molecule has 0 aliphatic rings. The van der Waals surface area contributed by atoms with Crippen LogP contribution in [0.1, 0.15) is 22.3 Å². The van der Waals surface area contributed by atoms with Gasteiger partial charge in [0, 0.05) is 11.4 Å². The van der Waals surface area contributed by atoms with E-state index >= 15 is 0 Å². The zero-order chi connectivity index (χ0) is 17.5. The number of hydrogen-bond donors (Lipinski definition) is 1. The van der Waals surface area contributed by atoms with Gasteiger partial charge in [-0.2, -0.15) is 0 Å². The monoisotopic (exact) mass is 343 g/mol. The summed E-state index contributed by atoms with van der Waals surface area (Å²) in [7, 11) is 0. The van der Waals surface area contributed by atoms with Gasteiger partial charge in [0.05, 0.1) is 12.4 Å². The van der Waals surface area contributed by atoms with Gasteiger partial charge in [-0.15, -0.1) is 11.8 Å². The van der Waals surface area contributed by atoms with Crippen LogP contribution >= 0.6 is 11.8 Å². The Morgan fingerprint density at radius 1 is 1.08 bits per heavy atom. The van der Waals surface area contributed by atoms with E-state index in [9.17, 15) is 4.79 Å². The highest BCUT2D eigenvalue weighted by Crippen LogP contribution is 2.20. The summed E-state index contributed by atoms with van der Waals surface area (Å²) in [4.78, 5) is 12.0. The fraction of sp³-hybridized carbons (Fsp3) is 0.350. The Labute approximate surface area is 148 Å². The van der Waals surface area contributed by atoms with Crippen molar-refractivity contribution in [3.05, 3.63) is 58.7 Å². The fourth-order valence-electron chi connectivity index (χ4n) is 2.31. The van der Waals surface area contributed by atoms with Gasteiger partial charge < -0.3 is 10.1 Å². The highest BCUT2D eigenvalue weighted by atomic mass is 32.2. The first-order chi connectivity index (χ1) is 11.5. The van der Waals surface area contributed by atoms with Crippen LogP contribution in [0.5, 0.6) is 5.75 Å². The number of ether oxygens (including phenoxy) is 1. The first-order valence-corrected chi connectivity index (χ1v) is 9.26. The number of rotatable bonds is 7. The molecule has 0 saturated carbocycles. The lowest BCUT2D eigenvalue weighted by Crippen LogP contribution is -2.16. The molecule has 0 unspecified atom stereocenters. The molecule has 0 heterocycles. The van der Waals surface area contributed by atoms with E-state index in [-0.39, 0.29) is 5.91 Å². The Morgan fingerprint density at radius 3 is 2.67 bits per heavy atom. The number of hydrogen-bond acceptors (Lipinski definition) is 3. The predicted molar refractivity (Wildman–Crippen MR) is 103 cm³/mol. The minimum Gasteiger partial charge on any atom is -0.492 e. The van der Waals surface area contributed by atoms with Crippen LogP contribution in [0, 0.1) is 27.7 Å². The molecule has 0 radical (unpaired) electrons. The number of carbonyl (C=O) groups is 1. The van der Waals surface area contributed by atoms with Crippen molar-refractivity contribution in [2.45, 2.75) is 27.7 Å². The van der Waals surface area contributed by atoms with Gasteiger partial charge in [-0.25, -0.2) is 0 Å². The van der Waals surface area contributed by atoms with Crippen LogP contribution in [0.3, 0.4) is 0 Å². The first-order valence-electron chi connectivity index (χ1n) is 8.11. The number of nitrogens with one attached hydrogen (secondary N) is 1. The molecule has 2 rings (SSSR count). The van der Waals surface area contributed by atoms with Crippen molar-refractivity contribution in [1.29, 1.82) is 0 Å². The highest BCUT2D eigenvalue weighted by molar-refractivity contribution is 7.99. The third-order valence-corrected chi connectivity index (χ3v) is 4.86. The van der Waals surface area contributed by atoms with Gasteiger partial charge in [0.1, 0.15) is 5.75 Å². The molecule has 3 nitrogen and oxygen atoms in total. The zero-order valence-corrected chi connectivity index (χ0v) is 15.6. The number of anilines is 1. The maximum absolute atomic E-state index is 12.0. The summed E-state index contributed by atoms with van der Waals surface area (Å²) in [6.45, 7) is 8.77. The summed E-state index contributed by atoms with van der Waals surface area (Å²) in [5.41, 5.74) is 5.53. The molecule has 0 saturated heterocycles. The summed E-state index contributed by atoms with van der Waals surface area (Å²) < 4.78 is 5.80. The molecule has 0 spiro atoms. The van der Waals surface area contributed by atoms with Crippen LogP contribution in [-0.4, -0.2) is 24.0 Å². The molecule has 0 aromatic heterocycles. The molecular formula is C20H25NO2S. The van der Waals surface area contributed by atoms with Gasteiger partial charge in [0.25, 0.3) is 0 Å². The fourth-order valence-corrected chi connectivity index (χ4v) is 2.91. The molecule has 128 valence electrons. The molecule has 0 aliphatic heterocycles. The lowest BCUT2D eigenvalue weighted by atomic mass is 10.1. The Morgan fingerprint density at radius 2 is 1.88 bits per heavy atom. The second kappa shape index (κ2) is 8.78. The van der Waals surface area contributed by atoms with E-state index in [0.717, 1.165) is 28.3 Å². The van der Waals surface area contributed by atoms with E-state index in [1.54, 1.807) is 11.8 Å². The van der Waals surface area contributed by atoms with Crippen molar-refractivity contribution in [3.63, 3.8) is 0 Å². The SMILES string of the molecule is Cc1ccc(C)c(OCCSCC(=O)Nc2cccc(C)c2C)c1. The average molecular weight is 343 g/mol. The average Bonchev–Trinajstić information content (AvgIpc) is 2.54. The molecule has 0 fully saturated rings. The number of aryl methyl sites for hydroxylation is 3. The molecule has 0 bridgehead atoms. The minimum atomic E-state index is 0.0282. The molecule has 4 heteroatoms. The molecule has 0 aliphatic carbocycles. The van der Waals surface area contributed by atoms with Gasteiger partial charge in [0.2, 0.25) is 5.91 Å². The summed E-state index contributed by atoms with van der Waals surface area (Å²) in [5.74, 6) is 2.17. The van der Waals surface area contributed by atoms with Gasteiger partial charge in [-0.1, -0.05) is 24.3 Å². The van der Waals surface area contributed by atoms with Crippen molar-refractivity contribution in [3.8, 4) is 5.75 Å². The second-order valence-corrected chi connectivity index (χ2v) is 7.07. The number of thioether (sulfide) groups is 1. The number of benzene rings is 2. The standard InChI is InChI=1S/C20H25NO2S/c1-14-8-9-16(3)19(12-14)23-10-11-24-13-20(22)21-18-7-5-6-15(2)17(18)4/h5-9,12H,10-11,13H2,1-4H3,(H,21,22). The smallest absolute Gasteiger partial charge is 0.234 e. The normalized spacial score (nSPS) is 10.5. The maximum atomic E-state index is 12.0. The van der Waals surface area contributed by atoms with E-state index in [2.05, 4.69) is 24.4 Å². The van der Waals surface area contributed by atoms with Crippen molar-refractivity contribution < 1.29 is 9.53 Å².